The average molecular weight is 305 g/mol. The number of rotatable bonds is 5. The SMILES string of the molecule is O=S(=O)(CCc1ccccc1)N1CCC(c2ccco2)C1. The zero-order valence-corrected chi connectivity index (χ0v) is 12.6. The van der Waals surface area contributed by atoms with Crippen molar-refractivity contribution in [1.82, 2.24) is 4.31 Å². The Morgan fingerprint density at radius 3 is 2.67 bits per heavy atom. The Morgan fingerprint density at radius 1 is 1.14 bits per heavy atom. The Kier molecular flexibility index (Phi) is 4.12. The molecule has 0 N–H and O–H groups in total. The van der Waals surface area contributed by atoms with E-state index in [0.717, 1.165) is 17.7 Å². The molecule has 0 radical (unpaired) electrons. The van der Waals surface area contributed by atoms with Crippen molar-refractivity contribution >= 4 is 10.0 Å². The van der Waals surface area contributed by atoms with Gasteiger partial charge in [0.25, 0.3) is 0 Å². The molecule has 2 aromatic rings. The van der Waals surface area contributed by atoms with E-state index in [-0.39, 0.29) is 11.7 Å². The molecule has 1 aromatic carbocycles. The van der Waals surface area contributed by atoms with Gasteiger partial charge in [0.2, 0.25) is 10.0 Å². The third kappa shape index (κ3) is 3.36. The molecule has 0 amide bonds. The maximum absolute atomic E-state index is 12.4. The lowest BCUT2D eigenvalue weighted by atomic mass is 10.1. The summed E-state index contributed by atoms with van der Waals surface area (Å²) >= 11 is 0. The van der Waals surface area contributed by atoms with Gasteiger partial charge in [-0.25, -0.2) is 12.7 Å². The highest BCUT2D eigenvalue weighted by Crippen LogP contribution is 2.29. The van der Waals surface area contributed by atoms with Crippen molar-refractivity contribution in [3.63, 3.8) is 0 Å². The predicted molar refractivity (Wildman–Crippen MR) is 81.6 cm³/mol. The summed E-state index contributed by atoms with van der Waals surface area (Å²) in [6.45, 7) is 1.12. The summed E-state index contributed by atoms with van der Waals surface area (Å²) in [7, 11) is -3.19. The van der Waals surface area contributed by atoms with Gasteiger partial charge in [-0.1, -0.05) is 30.3 Å². The van der Waals surface area contributed by atoms with Crippen LogP contribution in [0.2, 0.25) is 0 Å². The molecular formula is C16H19NO3S. The van der Waals surface area contributed by atoms with Gasteiger partial charge < -0.3 is 4.42 Å². The summed E-state index contributed by atoms with van der Waals surface area (Å²) in [5.74, 6) is 1.24. The lowest BCUT2D eigenvalue weighted by molar-refractivity contribution is 0.445. The Bertz CT molecular complexity index is 665. The number of furan rings is 1. The molecule has 0 aliphatic carbocycles. The molecule has 4 nitrogen and oxygen atoms in total. The van der Waals surface area contributed by atoms with Crippen LogP contribution < -0.4 is 0 Å². The van der Waals surface area contributed by atoms with Gasteiger partial charge in [-0.05, 0) is 30.5 Å². The molecule has 1 atom stereocenters. The van der Waals surface area contributed by atoms with Crippen LogP contribution in [0.5, 0.6) is 0 Å². The molecule has 0 bridgehead atoms. The largest absolute Gasteiger partial charge is 0.469 e. The zero-order valence-electron chi connectivity index (χ0n) is 11.8. The van der Waals surface area contributed by atoms with Gasteiger partial charge in [0, 0.05) is 19.0 Å². The van der Waals surface area contributed by atoms with E-state index in [1.807, 2.05) is 42.5 Å². The zero-order chi connectivity index (χ0) is 14.7. The molecule has 1 aliphatic rings. The van der Waals surface area contributed by atoms with Gasteiger partial charge in [0.1, 0.15) is 5.76 Å². The minimum absolute atomic E-state index is 0.169. The molecule has 0 saturated carbocycles. The smallest absolute Gasteiger partial charge is 0.214 e. The van der Waals surface area contributed by atoms with E-state index < -0.39 is 10.0 Å². The van der Waals surface area contributed by atoms with Crippen molar-refractivity contribution in [3.05, 3.63) is 60.1 Å². The number of hydrogen-bond acceptors (Lipinski definition) is 3. The van der Waals surface area contributed by atoms with Gasteiger partial charge in [-0.15, -0.1) is 0 Å². The Hall–Kier alpha value is -1.59. The third-order valence-electron chi connectivity index (χ3n) is 3.98. The summed E-state index contributed by atoms with van der Waals surface area (Å²) in [6.07, 6.45) is 3.03. The van der Waals surface area contributed by atoms with Crippen molar-refractivity contribution in [1.29, 1.82) is 0 Å². The quantitative estimate of drug-likeness (QED) is 0.853. The molecule has 112 valence electrons. The highest BCUT2D eigenvalue weighted by Gasteiger charge is 2.32. The fourth-order valence-electron chi connectivity index (χ4n) is 2.76. The summed E-state index contributed by atoms with van der Waals surface area (Å²) in [4.78, 5) is 0. The molecule has 5 heteroatoms. The number of aryl methyl sites for hydroxylation is 1. The summed E-state index contributed by atoms with van der Waals surface area (Å²) < 4.78 is 31.8. The molecule has 1 saturated heterocycles. The molecule has 21 heavy (non-hydrogen) atoms. The van der Waals surface area contributed by atoms with Crippen LogP contribution >= 0.6 is 0 Å². The van der Waals surface area contributed by atoms with Gasteiger partial charge in [0.15, 0.2) is 0 Å². The van der Waals surface area contributed by atoms with Crippen LogP contribution in [-0.2, 0) is 16.4 Å². The Labute approximate surface area is 125 Å². The van der Waals surface area contributed by atoms with Crippen LogP contribution in [0.1, 0.15) is 23.7 Å². The number of nitrogens with zero attached hydrogens (tertiary/aromatic N) is 1. The maximum Gasteiger partial charge on any atom is 0.214 e. The number of sulfonamides is 1. The molecule has 1 unspecified atom stereocenters. The van der Waals surface area contributed by atoms with Crippen LogP contribution in [0.25, 0.3) is 0 Å². The first-order valence-corrected chi connectivity index (χ1v) is 8.81. The minimum atomic E-state index is -3.19. The van der Waals surface area contributed by atoms with E-state index in [9.17, 15) is 8.42 Å². The maximum atomic E-state index is 12.4. The standard InChI is InChI=1S/C16H19NO3S/c18-21(19,12-9-14-5-2-1-3-6-14)17-10-8-15(13-17)16-7-4-11-20-16/h1-7,11,15H,8-10,12-13H2. The predicted octanol–water partition coefficient (Wildman–Crippen LogP) is 2.64. The van der Waals surface area contributed by atoms with Crippen LogP contribution in [0.4, 0.5) is 0 Å². The molecule has 1 fully saturated rings. The number of benzene rings is 1. The van der Waals surface area contributed by atoms with Crippen molar-refractivity contribution in [2.24, 2.45) is 0 Å². The normalized spacial score (nSPS) is 19.9. The van der Waals surface area contributed by atoms with E-state index >= 15 is 0 Å². The average Bonchev–Trinajstić information content (AvgIpc) is 3.17. The van der Waals surface area contributed by atoms with E-state index in [2.05, 4.69) is 0 Å². The molecule has 3 rings (SSSR count). The first kappa shape index (κ1) is 14.4. The lowest BCUT2D eigenvalue weighted by Crippen LogP contribution is -2.31. The van der Waals surface area contributed by atoms with Crippen molar-refractivity contribution in [2.45, 2.75) is 18.8 Å². The first-order chi connectivity index (χ1) is 10.1. The van der Waals surface area contributed by atoms with Gasteiger partial charge >= 0.3 is 0 Å². The monoisotopic (exact) mass is 305 g/mol. The van der Waals surface area contributed by atoms with Crippen LogP contribution in [0.3, 0.4) is 0 Å². The van der Waals surface area contributed by atoms with E-state index in [0.29, 0.717) is 19.5 Å². The number of hydrogen-bond donors (Lipinski definition) is 0. The third-order valence-corrected chi connectivity index (χ3v) is 5.82. The first-order valence-electron chi connectivity index (χ1n) is 7.20. The fraction of sp³-hybridized carbons (Fsp3) is 0.375. The van der Waals surface area contributed by atoms with E-state index in [4.69, 9.17) is 4.42 Å². The molecule has 2 heterocycles. The van der Waals surface area contributed by atoms with E-state index in [1.165, 1.54) is 0 Å². The highest BCUT2D eigenvalue weighted by atomic mass is 32.2. The van der Waals surface area contributed by atoms with E-state index in [1.54, 1.807) is 10.6 Å². The second-order valence-electron chi connectivity index (χ2n) is 5.41. The lowest BCUT2D eigenvalue weighted by Gasteiger charge is -2.16. The van der Waals surface area contributed by atoms with Crippen molar-refractivity contribution in [2.75, 3.05) is 18.8 Å². The van der Waals surface area contributed by atoms with Crippen LogP contribution in [-0.4, -0.2) is 31.6 Å². The molecule has 1 aliphatic heterocycles. The van der Waals surface area contributed by atoms with Crippen LogP contribution in [0, 0.1) is 0 Å². The topological polar surface area (TPSA) is 50.5 Å². The van der Waals surface area contributed by atoms with Crippen molar-refractivity contribution in [3.8, 4) is 0 Å². The summed E-state index contributed by atoms with van der Waals surface area (Å²) in [5, 5.41) is 0. The van der Waals surface area contributed by atoms with Crippen molar-refractivity contribution < 1.29 is 12.8 Å². The molecule has 0 spiro atoms. The Morgan fingerprint density at radius 2 is 1.95 bits per heavy atom. The highest BCUT2D eigenvalue weighted by molar-refractivity contribution is 7.89. The summed E-state index contributed by atoms with van der Waals surface area (Å²) in [5.41, 5.74) is 1.06. The van der Waals surface area contributed by atoms with Crippen LogP contribution in [0.15, 0.2) is 53.1 Å². The molecular weight excluding hydrogens is 286 g/mol. The second kappa shape index (κ2) is 6.03. The summed E-state index contributed by atoms with van der Waals surface area (Å²) in [6, 6.07) is 13.5. The molecule has 1 aromatic heterocycles. The Balaban J connectivity index is 1.61. The van der Waals surface area contributed by atoms with Gasteiger partial charge in [-0.2, -0.15) is 0 Å². The fourth-order valence-corrected chi connectivity index (χ4v) is 4.30. The second-order valence-corrected chi connectivity index (χ2v) is 7.50. The van der Waals surface area contributed by atoms with Gasteiger partial charge in [-0.3, -0.25) is 0 Å². The van der Waals surface area contributed by atoms with Gasteiger partial charge in [0.05, 0.1) is 12.0 Å². The minimum Gasteiger partial charge on any atom is -0.469 e.